The van der Waals surface area contributed by atoms with Crippen LogP contribution in [0.5, 0.6) is 5.75 Å². The lowest BCUT2D eigenvalue weighted by atomic mass is 9.89. The Hall–Kier alpha value is -5.89. The number of carbonyl (C=O) groups excluding carboxylic acids is 3. The Morgan fingerprint density at radius 3 is 2.37 bits per heavy atom. The molecule has 0 bridgehead atoms. The van der Waals surface area contributed by atoms with Crippen LogP contribution in [0.2, 0.25) is 0 Å². The van der Waals surface area contributed by atoms with E-state index in [1.807, 2.05) is 18.2 Å². The quantitative estimate of drug-likeness (QED) is 0.190. The minimum Gasteiger partial charge on any atom is -0.507 e. The molecule has 4 aromatic rings. The van der Waals surface area contributed by atoms with Crippen LogP contribution in [-0.4, -0.2) is 126 Å². The molecule has 0 aliphatic carbocycles. The van der Waals surface area contributed by atoms with E-state index in [9.17, 15) is 19.5 Å². The van der Waals surface area contributed by atoms with Crippen molar-refractivity contribution >= 4 is 46.3 Å². The van der Waals surface area contributed by atoms with Crippen LogP contribution >= 0.6 is 0 Å². The number of piperidine rings is 2. The lowest BCUT2D eigenvalue weighted by molar-refractivity contribution is -0.135. The van der Waals surface area contributed by atoms with Crippen molar-refractivity contribution in [3.8, 4) is 17.0 Å². The molecule has 3 amide bonds. The summed E-state index contributed by atoms with van der Waals surface area (Å²) in [5.41, 5.74) is 14.7. The van der Waals surface area contributed by atoms with Crippen molar-refractivity contribution in [2.24, 2.45) is 5.92 Å². The zero-order chi connectivity index (χ0) is 42.9. The van der Waals surface area contributed by atoms with Gasteiger partial charge < -0.3 is 35.3 Å². The standard InChI is InChI=1S/C48H60N10O4/c1-3-35-30-56(43-28-39(51-52-47(43)49)37-10-4-5-13-44(37)59)29-32(2)58(35)36-9-6-8-34(27-36)26-33-16-19-55(20-17-33)46(61)31-53-22-24-54(25-23-53)40-11-7-12-41-38(40)18-21-57(41)42-14-15-45(60)50-48(42)62/h4-13,27-28,32-33,35,42,59H,3,14-26,29-31H2,1-2H3,(H2,49,52)(H,50,60,62)/t32-,35+,42+/m0/s1. The highest BCUT2D eigenvalue weighted by molar-refractivity contribution is 6.02. The second kappa shape index (κ2) is 17.8. The van der Waals surface area contributed by atoms with Gasteiger partial charge in [-0.15, -0.1) is 10.2 Å². The Labute approximate surface area is 364 Å². The molecule has 14 nitrogen and oxygen atoms in total. The van der Waals surface area contributed by atoms with Crippen LogP contribution in [0.1, 0.15) is 57.1 Å². The number of fused-ring (bicyclic) bond motifs is 1. The second-order valence-corrected chi connectivity index (χ2v) is 17.9. The van der Waals surface area contributed by atoms with Gasteiger partial charge in [-0.1, -0.05) is 37.3 Å². The van der Waals surface area contributed by atoms with Crippen molar-refractivity contribution in [2.75, 3.05) is 90.8 Å². The van der Waals surface area contributed by atoms with Gasteiger partial charge in [-0.05, 0) is 99.4 Å². The number of likely N-dealkylation sites (tertiary alicyclic amines) is 1. The average Bonchev–Trinajstić information content (AvgIpc) is 3.71. The molecule has 3 aromatic carbocycles. The van der Waals surface area contributed by atoms with Crippen molar-refractivity contribution in [1.29, 1.82) is 0 Å². The molecular formula is C48H60N10O4. The number of rotatable bonds is 10. The van der Waals surface area contributed by atoms with Gasteiger partial charge in [0.2, 0.25) is 17.7 Å². The molecular weight excluding hydrogens is 781 g/mol. The number of aromatic hydroxyl groups is 1. The Kier molecular flexibility index (Phi) is 11.9. The molecule has 4 saturated heterocycles. The smallest absolute Gasteiger partial charge is 0.249 e. The van der Waals surface area contributed by atoms with Gasteiger partial charge in [-0.25, -0.2) is 0 Å². The van der Waals surface area contributed by atoms with Crippen LogP contribution in [0.4, 0.5) is 28.6 Å². The fourth-order valence-corrected chi connectivity index (χ4v) is 10.7. The molecule has 5 aliphatic heterocycles. The van der Waals surface area contributed by atoms with Gasteiger partial charge in [0, 0.05) is 106 Å². The average molecular weight is 841 g/mol. The zero-order valence-electron chi connectivity index (χ0n) is 36.1. The Morgan fingerprint density at radius 2 is 1.60 bits per heavy atom. The lowest BCUT2D eigenvalue weighted by Gasteiger charge is -2.48. The van der Waals surface area contributed by atoms with E-state index in [0.717, 1.165) is 102 Å². The zero-order valence-corrected chi connectivity index (χ0v) is 36.1. The van der Waals surface area contributed by atoms with Crippen molar-refractivity contribution < 1.29 is 19.5 Å². The maximum Gasteiger partial charge on any atom is 0.249 e. The lowest BCUT2D eigenvalue weighted by Crippen LogP contribution is -2.58. The summed E-state index contributed by atoms with van der Waals surface area (Å²) in [5.74, 6) is 0.951. The van der Waals surface area contributed by atoms with Gasteiger partial charge in [0.25, 0.3) is 0 Å². The van der Waals surface area contributed by atoms with Gasteiger partial charge in [-0.2, -0.15) is 0 Å². The molecule has 6 heterocycles. The number of aromatic nitrogens is 2. The number of hydrogen-bond donors (Lipinski definition) is 3. The van der Waals surface area contributed by atoms with E-state index in [1.54, 1.807) is 12.1 Å². The number of para-hydroxylation sites is 1. The van der Waals surface area contributed by atoms with Crippen LogP contribution in [0, 0.1) is 5.92 Å². The number of piperazine rings is 2. The number of nitrogens with two attached hydrogens (primary N) is 1. The second-order valence-electron chi connectivity index (χ2n) is 17.9. The summed E-state index contributed by atoms with van der Waals surface area (Å²) in [7, 11) is 0. The molecule has 5 aliphatic rings. The summed E-state index contributed by atoms with van der Waals surface area (Å²) in [6, 6.07) is 24.7. The molecule has 0 spiro atoms. The monoisotopic (exact) mass is 840 g/mol. The molecule has 62 heavy (non-hydrogen) atoms. The van der Waals surface area contributed by atoms with Gasteiger partial charge in [0.15, 0.2) is 5.82 Å². The van der Waals surface area contributed by atoms with Crippen LogP contribution in [0.25, 0.3) is 11.3 Å². The largest absolute Gasteiger partial charge is 0.507 e. The fraction of sp³-hybridized carbons (Fsp3) is 0.479. The van der Waals surface area contributed by atoms with E-state index in [1.165, 1.54) is 22.5 Å². The molecule has 0 saturated carbocycles. The highest BCUT2D eigenvalue weighted by Gasteiger charge is 2.37. The molecule has 4 N–H and O–H groups in total. The number of phenolic OH excluding ortho intramolecular Hbond substituents is 1. The number of nitrogens with zero attached hydrogens (tertiary/aromatic N) is 8. The summed E-state index contributed by atoms with van der Waals surface area (Å²) >= 11 is 0. The van der Waals surface area contributed by atoms with E-state index in [-0.39, 0.29) is 41.6 Å². The molecule has 3 atom stereocenters. The minimum absolute atomic E-state index is 0.166. The first-order chi connectivity index (χ1) is 30.1. The number of anilines is 5. The summed E-state index contributed by atoms with van der Waals surface area (Å²) in [6.07, 6.45) is 5.81. The number of carbonyl (C=O) groups is 3. The minimum atomic E-state index is -0.299. The number of nitrogen functional groups attached to an aromatic ring is 1. The molecule has 1 aromatic heterocycles. The SMILES string of the molecule is CC[C@@H]1CN(c2cc(-c3ccccc3O)nnc2N)C[C@H](C)N1c1cccc(CC2CCN(C(=O)CN3CCN(c4cccc5c4CCN5[C@@H]4CCC(=O)NC4=O)CC3)CC2)c1. The van der Waals surface area contributed by atoms with Gasteiger partial charge >= 0.3 is 0 Å². The normalized spacial score (nSPS) is 22.5. The topological polar surface area (TPSA) is 155 Å². The van der Waals surface area contributed by atoms with E-state index >= 15 is 0 Å². The Balaban J connectivity index is 0.756. The van der Waals surface area contributed by atoms with Crippen LogP contribution in [0.15, 0.2) is 72.8 Å². The molecule has 326 valence electrons. The third kappa shape index (κ3) is 8.49. The Morgan fingerprint density at radius 1 is 0.823 bits per heavy atom. The van der Waals surface area contributed by atoms with Gasteiger partial charge in [-0.3, -0.25) is 24.6 Å². The summed E-state index contributed by atoms with van der Waals surface area (Å²) in [4.78, 5) is 51.9. The van der Waals surface area contributed by atoms with Crippen molar-refractivity contribution in [3.63, 3.8) is 0 Å². The fourth-order valence-electron chi connectivity index (χ4n) is 10.7. The molecule has 0 unspecified atom stereocenters. The van der Waals surface area contributed by atoms with Crippen LogP contribution in [0.3, 0.4) is 0 Å². The first-order valence-electron chi connectivity index (χ1n) is 22.6. The first-order valence-corrected chi connectivity index (χ1v) is 22.6. The van der Waals surface area contributed by atoms with E-state index in [4.69, 9.17) is 5.73 Å². The molecule has 4 fully saturated rings. The molecule has 9 rings (SSSR count). The molecule has 0 radical (unpaired) electrons. The summed E-state index contributed by atoms with van der Waals surface area (Å²) < 4.78 is 0. The van der Waals surface area contributed by atoms with Crippen molar-refractivity contribution in [3.05, 3.63) is 83.9 Å². The molecule has 14 heteroatoms. The number of phenols is 1. The number of imide groups is 1. The van der Waals surface area contributed by atoms with Crippen molar-refractivity contribution in [2.45, 2.75) is 76.9 Å². The summed E-state index contributed by atoms with van der Waals surface area (Å²) in [6.45, 7) is 12.3. The maximum absolute atomic E-state index is 13.6. The van der Waals surface area contributed by atoms with E-state index in [2.05, 4.69) is 101 Å². The summed E-state index contributed by atoms with van der Waals surface area (Å²) in [5, 5.41) is 21.6. The van der Waals surface area contributed by atoms with Crippen LogP contribution < -0.4 is 30.7 Å². The third-order valence-corrected chi connectivity index (χ3v) is 14.0. The number of nitrogens with one attached hydrogen (secondary N) is 1. The Bertz CT molecular complexity index is 2290. The van der Waals surface area contributed by atoms with E-state index < -0.39 is 0 Å². The highest BCUT2D eigenvalue weighted by atomic mass is 16.3. The predicted molar refractivity (Wildman–Crippen MR) is 244 cm³/mol. The van der Waals surface area contributed by atoms with Gasteiger partial charge in [0.1, 0.15) is 11.8 Å². The maximum atomic E-state index is 13.6. The van der Waals surface area contributed by atoms with E-state index in [0.29, 0.717) is 42.4 Å². The number of benzene rings is 3. The van der Waals surface area contributed by atoms with Gasteiger partial charge in [0.05, 0.1) is 17.9 Å². The number of amides is 3. The third-order valence-electron chi connectivity index (χ3n) is 14.0. The predicted octanol–water partition coefficient (Wildman–Crippen LogP) is 4.70. The number of hydrogen-bond acceptors (Lipinski definition) is 12. The highest BCUT2D eigenvalue weighted by Crippen LogP contribution is 2.39. The van der Waals surface area contributed by atoms with Crippen molar-refractivity contribution in [1.82, 2.24) is 25.3 Å². The van der Waals surface area contributed by atoms with Crippen LogP contribution in [-0.2, 0) is 27.2 Å². The first kappa shape index (κ1) is 41.5.